The van der Waals surface area contributed by atoms with Gasteiger partial charge in [0.05, 0.1) is 5.69 Å². The van der Waals surface area contributed by atoms with E-state index in [4.69, 9.17) is 0 Å². The van der Waals surface area contributed by atoms with Gasteiger partial charge in [-0.1, -0.05) is 140 Å². The highest BCUT2D eigenvalue weighted by molar-refractivity contribution is 7.25. The van der Waals surface area contributed by atoms with Gasteiger partial charge in [-0.2, -0.15) is 0 Å². The summed E-state index contributed by atoms with van der Waals surface area (Å²) in [5.41, 5.74) is 8.24. The van der Waals surface area contributed by atoms with Crippen LogP contribution in [0, 0.1) is 0 Å². The molecule has 2 heteroatoms. The number of rotatable bonds is 5. The molecule has 1 aromatic heterocycles. The lowest BCUT2D eigenvalue weighted by Crippen LogP contribution is -2.11. The maximum absolute atomic E-state index is 2.45. The van der Waals surface area contributed by atoms with Crippen LogP contribution >= 0.6 is 11.3 Å². The molecular weight excluding hydrogens is 623 g/mol. The van der Waals surface area contributed by atoms with Gasteiger partial charge in [0.15, 0.2) is 0 Å². The first-order chi connectivity index (χ1) is 24.8. The Morgan fingerprint density at radius 2 is 0.940 bits per heavy atom. The van der Waals surface area contributed by atoms with E-state index in [-0.39, 0.29) is 0 Å². The fraction of sp³-hybridized carbons (Fsp3) is 0. The first-order valence-corrected chi connectivity index (χ1v) is 17.9. The smallest absolute Gasteiger partial charge is 0.0540 e. The molecular formula is C48H31NS. The van der Waals surface area contributed by atoms with Gasteiger partial charge in [-0.3, -0.25) is 0 Å². The monoisotopic (exact) mass is 653 g/mol. The Hall–Kier alpha value is -6.22. The topological polar surface area (TPSA) is 3.24 Å². The lowest BCUT2D eigenvalue weighted by Gasteiger charge is -2.29. The summed E-state index contributed by atoms with van der Waals surface area (Å²) in [7, 11) is 0. The van der Waals surface area contributed by atoms with Crippen molar-refractivity contribution in [3.63, 3.8) is 0 Å². The third kappa shape index (κ3) is 4.69. The summed E-state index contributed by atoms with van der Waals surface area (Å²) in [5.74, 6) is 0. The minimum absolute atomic E-state index is 1.12. The molecule has 0 unspecified atom stereocenters. The molecule has 0 amide bonds. The minimum Gasteiger partial charge on any atom is -0.310 e. The standard InChI is InChI=1S/C48H31NS/c1-3-18-37-32(13-1)15-12-24-40(37)42-22-7-9-25-46(42)49(36-27-28-48-45(31-36)43-23-8-10-26-47(43)50-48)35-17-11-16-33(29-35)44-30-34-14-2-4-19-38(34)39-20-5-6-21-41(39)44/h1-31H. The Kier molecular flexibility index (Phi) is 6.75. The fourth-order valence-corrected chi connectivity index (χ4v) is 8.83. The van der Waals surface area contributed by atoms with Gasteiger partial charge in [0.25, 0.3) is 0 Å². The molecule has 0 spiro atoms. The summed E-state index contributed by atoms with van der Waals surface area (Å²) < 4.78 is 2.61. The molecule has 0 saturated heterocycles. The van der Waals surface area contributed by atoms with Crippen molar-refractivity contribution in [3.8, 4) is 22.3 Å². The lowest BCUT2D eigenvalue weighted by molar-refractivity contribution is 1.29. The van der Waals surface area contributed by atoms with Crippen LogP contribution < -0.4 is 4.90 Å². The molecule has 0 bridgehead atoms. The van der Waals surface area contributed by atoms with E-state index >= 15 is 0 Å². The van der Waals surface area contributed by atoms with Gasteiger partial charge in [0.2, 0.25) is 0 Å². The molecule has 0 atom stereocenters. The summed E-state index contributed by atoms with van der Waals surface area (Å²) in [6.07, 6.45) is 0. The van der Waals surface area contributed by atoms with Crippen molar-refractivity contribution in [2.75, 3.05) is 4.90 Å². The Balaban J connectivity index is 1.24. The minimum atomic E-state index is 1.12. The maximum atomic E-state index is 2.45. The normalized spacial score (nSPS) is 11.6. The third-order valence-electron chi connectivity index (χ3n) is 10.0. The highest BCUT2D eigenvalue weighted by Crippen LogP contribution is 2.46. The Morgan fingerprint density at radius 3 is 1.84 bits per heavy atom. The molecule has 0 N–H and O–H groups in total. The predicted octanol–water partition coefficient (Wildman–Crippen LogP) is 14.3. The van der Waals surface area contributed by atoms with Crippen LogP contribution in [0.5, 0.6) is 0 Å². The number of anilines is 3. The molecule has 0 aliphatic heterocycles. The number of nitrogens with zero attached hydrogens (tertiary/aromatic N) is 1. The highest BCUT2D eigenvalue weighted by Gasteiger charge is 2.20. The SMILES string of the molecule is c1cc(-c2cc3ccccc3c3ccccc23)cc(N(c2ccc3sc4ccccc4c3c2)c2ccccc2-c2cccc3ccccc23)c1. The zero-order valence-electron chi connectivity index (χ0n) is 27.3. The van der Waals surface area contributed by atoms with E-state index in [0.717, 1.165) is 17.1 Å². The summed E-state index contributed by atoms with van der Waals surface area (Å²) >= 11 is 1.86. The van der Waals surface area contributed by atoms with Crippen molar-refractivity contribution < 1.29 is 0 Å². The van der Waals surface area contributed by atoms with Gasteiger partial charge in [0.1, 0.15) is 0 Å². The number of para-hydroxylation sites is 1. The molecule has 0 aliphatic carbocycles. The molecule has 9 aromatic carbocycles. The molecule has 1 nitrogen and oxygen atoms in total. The van der Waals surface area contributed by atoms with Crippen molar-refractivity contribution in [3.05, 3.63) is 188 Å². The van der Waals surface area contributed by atoms with Crippen molar-refractivity contribution in [1.29, 1.82) is 0 Å². The predicted molar refractivity (Wildman–Crippen MR) is 217 cm³/mol. The summed E-state index contributed by atoms with van der Waals surface area (Å²) in [6.45, 7) is 0. The van der Waals surface area contributed by atoms with Crippen molar-refractivity contribution in [2.45, 2.75) is 0 Å². The first kappa shape index (κ1) is 28.8. The molecule has 0 fully saturated rings. The van der Waals surface area contributed by atoms with Crippen molar-refractivity contribution in [2.24, 2.45) is 0 Å². The summed E-state index contributed by atoms with van der Waals surface area (Å²) in [5, 5.41) is 10.1. The second-order valence-corrected chi connectivity index (χ2v) is 14.0. The average Bonchev–Trinajstić information content (AvgIpc) is 3.56. The van der Waals surface area contributed by atoms with Gasteiger partial charge in [-0.25, -0.2) is 0 Å². The zero-order chi connectivity index (χ0) is 33.0. The number of benzene rings is 9. The van der Waals surface area contributed by atoms with Crippen molar-refractivity contribution >= 4 is 80.9 Å². The second kappa shape index (κ2) is 11.7. The summed E-state index contributed by atoms with van der Waals surface area (Å²) in [4.78, 5) is 2.45. The van der Waals surface area contributed by atoms with E-state index < -0.39 is 0 Å². The Morgan fingerprint density at radius 1 is 0.320 bits per heavy atom. The van der Waals surface area contributed by atoms with E-state index in [1.807, 2.05) is 11.3 Å². The number of hydrogen-bond acceptors (Lipinski definition) is 2. The first-order valence-electron chi connectivity index (χ1n) is 17.1. The Bertz CT molecular complexity index is 2890. The van der Waals surface area contributed by atoms with E-state index in [1.54, 1.807) is 0 Å². The number of thiophene rings is 1. The van der Waals surface area contributed by atoms with Gasteiger partial charge in [-0.15, -0.1) is 11.3 Å². The van der Waals surface area contributed by atoms with Crippen LogP contribution in [-0.2, 0) is 0 Å². The molecule has 234 valence electrons. The van der Waals surface area contributed by atoms with Crippen LogP contribution in [0.1, 0.15) is 0 Å². The van der Waals surface area contributed by atoms with E-state index in [1.165, 1.54) is 74.7 Å². The number of fused-ring (bicyclic) bond motifs is 7. The van der Waals surface area contributed by atoms with E-state index in [9.17, 15) is 0 Å². The fourth-order valence-electron chi connectivity index (χ4n) is 7.74. The molecule has 1 heterocycles. The quantitative estimate of drug-likeness (QED) is 0.167. The molecule has 50 heavy (non-hydrogen) atoms. The van der Waals surface area contributed by atoms with Gasteiger partial charge < -0.3 is 4.90 Å². The molecule has 0 radical (unpaired) electrons. The van der Waals surface area contributed by atoms with Crippen LogP contribution in [0.2, 0.25) is 0 Å². The molecule has 0 aliphatic rings. The van der Waals surface area contributed by atoms with Crippen LogP contribution in [-0.4, -0.2) is 0 Å². The average molecular weight is 654 g/mol. The van der Waals surface area contributed by atoms with Crippen LogP contribution in [0.15, 0.2) is 188 Å². The number of hydrogen-bond donors (Lipinski definition) is 0. The van der Waals surface area contributed by atoms with E-state index in [0.29, 0.717) is 0 Å². The van der Waals surface area contributed by atoms with Crippen LogP contribution in [0.25, 0.3) is 74.7 Å². The maximum Gasteiger partial charge on any atom is 0.0540 e. The Labute approximate surface area is 294 Å². The molecule has 0 saturated carbocycles. The van der Waals surface area contributed by atoms with Crippen molar-refractivity contribution in [1.82, 2.24) is 0 Å². The molecule has 10 rings (SSSR count). The van der Waals surface area contributed by atoms with Gasteiger partial charge in [-0.05, 0) is 97.5 Å². The largest absolute Gasteiger partial charge is 0.310 e. The zero-order valence-corrected chi connectivity index (χ0v) is 28.1. The van der Waals surface area contributed by atoms with Crippen LogP contribution in [0.4, 0.5) is 17.1 Å². The second-order valence-electron chi connectivity index (χ2n) is 12.9. The lowest BCUT2D eigenvalue weighted by atomic mass is 9.93. The third-order valence-corrected chi connectivity index (χ3v) is 11.2. The van der Waals surface area contributed by atoms with Gasteiger partial charge >= 0.3 is 0 Å². The molecule has 10 aromatic rings. The van der Waals surface area contributed by atoms with Crippen LogP contribution in [0.3, 0.4) is 0 Å². The summed E-state index contributed by atoms with van der Waals surface area (Å²) in [6, 6.07) is 68.9. The highest BCUT2D eigenvalue weighted by atomic mass is 32.1. The van der Waals surface area contributed by atoms with E-state index in [2.05, 4.69) is 193 Å². The van der Waals surface area contributed by atoms with Gasteiger partial charge in [0, 0.05) is 37.1 Å².